The molecule has 0 amide bonds. The number of nitrogens with zero attached hydrogens (tertiary/aromatic N) is 1. The molecule has 2 heteroatoms. The van der Waals surface area contributed by atoms with Gasteiger partial charge in [0.15, 0.2) is 0 Å². The third kappa shape index (κ3) is 6.75. The molecule has 2 atom stereocenters. The molecule has 2 nitrogen and oxygen atoms in total. The lowest BCUT2D eigenvalue weighted by Crippen LogP contribution is -2.29. The lowest BCUT2D eigenvalue weighted by molar-refractivity contribution is 0.262. The molecule has 0 bridgehead atoms. The number of hydrogen-bond acceptors (Lipinski definition) is 2. The van der Waals surface area contributed by atoms with Crippen molar-refractivity contribution in [1.82, 2.24) is 10.2 Å². The summed E-state index contributed by atoms with van der Waals surface area (Å²) in [6.07, 6.45) is 8.45. The predicted octanol–water partition coefficient (Wildman–Crippen LogP) is 3.52. The Bertz CT molecular complexity index is 203. The van der Waals surface area contributed by atoms with E-state index >= 15 is 0 Å². The summed E-state index contributed by atoms with van der Waals surface area (Å²) in [4.78, 5) is 2.43. The second kappa shape index (κ2) is 8.92. The molecule has 1 fully saturated rings. The molecule has 0 spiro atoms. The molecule has 18 heavy (non-hydrogen) atoms. The van der Waals surface area contributed by atoms with Crippen LogP contribution in [0.1, 0.15) is 59.3 Å². The second-order valence-corrected chi connectivity index (χ2v) is 6.62. The quantitative estimate of drug-likeness (QED) is 0.667. The molecule has 0 aromatic heterocycles. The Morgan fingerprint density at radius 3 is 2.67 bits per heavy atom. The highest BCUT2D eigenvalue weighted by Crippen LogP contribution is 2.27. The molecule has 1 aliphatic carbocycles. The van der Waals surface area contributed by atoms with Gasteiger partial charge >= 0.3 is 0 Å². The van der Waals surface area contributed by atoms with E-state index in [2.05, 4.69) is 38.0 Å². The van der Waals surface area contributed by atoms with Gasteiger partial charge in [0.2, 0.25) is 0 Å². The van der Waals surface area contributed by atoms with Gasteiger partial charge in [0.1, 0.15) is 0 Å². The van der Waals surface area contributed by atoms with E-state index in [-0.39, 0.29) is 0 Å². The van der Waals surface area contributed by atoms with Gasteiger partial charge in [-0.15, -0.1) is 0 Å². The molecular formula is C16H34N2. The molecular weight excluding hydrogens is 220 g/mol. The Hall–Kier alpha value is -0.0800. The van der Waals surface area contributed by atoms with Crippen LogP contribution in [0.4, 0.5) is 0 Å². The van der Waals surface area contributed by atoms with Gasteiger partial charge in [-0.3, -0.25) is 0 Å². The van der Waals surface area contributed by atoms with Gasteiger partial charge in [-0.2, -0.15) is 0 Å². The first-order valence-corrected chi connectivity index (χ1v) is 8.00. The van der Waals surface area contributed by atoms with Crippen molar-refractivity contribution in [3.05, 3.63) is 0 Å². The second-order valence-electron chi connectivity index (χ2n) is 6.62. The van der Waals surface area contributed by atoms with E-state index in [1.807, 2.05) is 0 Å². The zero-order chi connectivity index (χ0) is 13.4. The molecule has 0 radical (unpaired) electrons. The van der Waals surface area contributed by atoms with Gasteiger partial charge in [-0.25, -0.2) is 0 Å². The van der Waals surface area contributed by atoms with Gasteiger partial charge in [-0.1, -0.05) is 19.8 Å². The van der Waals surface area contributed by atoms with E-state index in [1.165, 1.54) is 58.2 Å². The van der Waals surface area contributed by atoms with Crippen LogP contribution in [0.5, 0.6) is 0 Å². The SMILES string of the molecule is CC1CCCC(CNCCCCN(C)C(C)C)C1. The summed E-state index contributed by atoms with van der Waals surface area (Å²) in [6, 6.07) is 0.682. The Morgan fingerprint density at radius 2 is 2.00 bits per heavy atom. The average molecular weight is 254 g/mol. The standard InChI is InChI=1S/C16H34N2/c1-14(2)18(4)11-6-5-10-17-13-16-9-7-8-15(3)12-16/h14-17H,5-13H2,1-4H3. The summed E-state index contributed by atoms with van der Waals surface area (Å²) in [5, 5.41) is 3.66. The van der Waals surface area contributed by atoms with Crippen molar-refractivity contribution in [2.24, 2.45) is 11.8 Å². The lowest BCUT2D eigenvalue weighted by Gasteiger charge is -2.27. The van der Waals surface area contributed by atoms with Crippen molar-refractivity contribution in [2.75, 3.05) is 26.7 Å². The van der Waals surface area contributed by atoms with Crippen LogP contribution in [0.2, 0.25) is 0 Å². The Morgan fingerprint density at radius 1 is 1.22 bits per heavy atom. The van der Waals surface area contributed by atoms with Crippen molar-refractivity contribution in [1.29, 1.82) is 0 Å². The molecule has 0 aromatic rings. The molecule has 2 unspecified atom stereocenters. The first kappa shape index (κ1) is 16.0. The van der Waals surface area contributed by atoms with E-state index in [9.17, 15) is 0 Å². The Kier molecular flexibility index (Phi) is 7.92. The largest absolute Gasteiger partial charge is 0.316 e. The van der Waals surface area contributed by atoms with Gasteiger partial charge in [0.25, 0.3) is 0 Å². The Balaban J connectivity index is 1.92. The summed E-state index contributed by atoms with van der Waals surface area (Å²) in [5.74, 6) is 1.91. The molecule has 1 aliphatic rings. The first-order chi connectivity index (χ1) is 8.59. The van der Waals surface area contributed by atoms with E-state index in [4.69, 9.17) is 0 Å². The van der Waals surface area contributed by atoms with Crippen molar-refractivity contribution in [3.63, 3.8) is 0 Å². The van der Waals surface area contributed by atoms with E-state index < -0.39 is 0 Å². The fourth-order valence-electron chi connectivity index (χ4n) is 2.92. The normalized spacial score (nSPS) is 25.0. The average Bonchev–Trinajstić information content (AvgIpc) is 2.33. The Labute approximate surface area is 115 Å². The highest BCUT2D eigenvalue weighted by Gasteiger charge is 2.17. The fourth-order valence-corrected chi connectivity index (χ4v) is 2.92. The van der Waals surface area contributed by atoms with Crippen molar-refractivity contribution in [2.45, 2.75) is 65.3 Å². The molecule has 0 aliphatic heterocycles. The van der Waals surface area contributed by atoms with Gasteiger partial charge in [0.05, 0.1) is 0 Å². The minimum absolute atomic E-state index is 0.682. The van der Waals surface area contributed by atoms with Gasteiger partial charge in [-0.05, 0) is 78.0 Å². The summed E-state index contributed by atoms with van der Waals surface area (Å²) < 4.78 is 0. The zero-order valence-corrected chi connectivity index (χ0v) is 13.0. The summed E-state index contributed by atoms with van der Waals surface area (Å²) in [7, 11) is 2.22. The summed E-state index contributed by atoms with van der Waals surface area (Å²) >= 11 is 0. The maximum atomic E-state index is 3.66. The lowest BCUT2D eigenvalue weighted by atomic mass is 9.82. The van der Waals surface area contributed by atoms with Crippen molar-refractivity contribution >= 4 is 0 Å². The van der Waals surface area contributed by atoms with Crippen LogP contribution < -0.4 is 5.32 Å². The van der Waals surface area contributed by atoms with Crippen LogP contribution in [0, 0.1) is 11.8 Å². The first-order valence-electron chi connectivity index (χ1n) is 8.00. The predicted molar refractivity (Wildman–Crippen MR) is 81.0 cm³/mol. The number of hydrogen-bond donors (Lipinski definition) is 1. The fraction of sp³-hybridized carbons (Fsp3) is 1.00. The molecule has 1 rings (SSSR count). The zero-order valence-electron chi connectivity index (χ0n) is 13.0. The monoisotopic (exact) mass is 254 g/mol. The van der Waals surface area contributed by atoms with Gasteiger partial charge in [0, 0.05) is 6.04 Å². The molecule has 1 saturated carbocycles. The highest BCUT2D eigenvalue weighted by atomic mass is 15.1. The minimum atomic E-state index is 0.682. The van der Waals surface area contributed by atoms with Crippen LogP contribution >= 0.6 is 0 Å². The number of nitrogens with one attached hydrogen (secondary N) is 1. The summed E-state index contributed by atoms with van der Waals surface area (Å²) in [6.45, 7) is 10.6. The molecule has 108 valence electrons. The maximum absolute atomic E-state index is 3.66. The van der Waals surface area contributed by atoms with E-state index in [0.717, 1.165) is 11.8 Å². The molecule has 1 N–H and O–H groups in total. The summed E-state index contributed by atoms with van der Waals surface area (Å²) in [5.41, 5.74) is 0. The third-order valence-electron chi connectivity index (χ3n) is 4.47. The number of unbranched alkanes of at least 4 members (excludes halogenated alkanes) is 1. The highest BCUT2D eigenvalue weighted by molar-refractivity contribution is 4.72. The number of rotatable bonds is 8. The van der Waals surface area contributed by atoms with Crippen molar-refractivity contribution in [3.8, 4) is 0 Å². The van der Waals surface area contributed by atoms with Crippen LogP contribution in [0.3, 0.4) is 0 Å². The van der Waals surface area contributed by atoms with Crippen LogP contribution in [0.15, 0.2) is 0 Å². The van der Waals surface area contributed by atoms with Crippen LogP contribution in [0.25, 0.3) is 0 Å². The topological polar surface area (TPSA) is 15.3 Å². The molecule has 0 aromatic carbocycles. The van der Waals surface area contributed by atoms with Gasteiger partial charge < -0.3 is 10.2 Å². The molecule has 0 heterocycles. The maximum Gasteiger partial charge on any atom is 0.00355 e. The molecule has 0 saturated heterocycles. The van der Waals surface area contributed by atoms with Crippen LogP contribution in [-0.4, -0.2) is 37.6 Å². The van der Waals surface area contributed by atoms with E-state index in [0.29, 0.717) is 6.04 Å². The third-order valence-corrected chi connectivity index (χ3v) is 4.47. The minimum Gasteiger partial charge on any atom is -0.316 e. The van der Waals surface area contributed by atoms with Crippen LogP contribution in [-0.2, 0) is 0 Å². The van der Waals surface area contributed by atoms with E-state index in [1.54, 1.807) is 0 Å². The smallest absolute Gasteiger partial charge is 0.00355 e. The van der Waals surface area contributed by atoms with Crippen molar-refractivity contribution < 1.29 is 0 Å².